The van der Waals surface area contributed by atoms with Crippen LogP contribution in [0.4, 0.5) is 0 Å². The number of morpholine rings is 1. The molecule has 2 rings (SSSR count). The summed E-state index contributed by atoms with van der Waals surface area (Å²) in [5, 5.41) is 3.96. The Hall–Kier alpha value is -0.940. The topological polar surface area (TPSA) is 51.4 Å². The fourth-order valence-electron chi connectivity index (χ4n) is 1.74. The van der Waals surface area contributed by atoms with Crippen LogP contribution in [0.1, 0.15) is 38.4 Å². The van der Waals surface area contributed by atoms with Crippen LogP contribution >= 0.6 is 0 Å². The van der Waals surface area contributed by atoms with Crippen LogP contribution in [0.15, 0.2) is 4.52 Å². The highest BCUT2D eigenvalue weighted by molar-refractivity contribution is 4.92. The number of aromatic nitrogens is 2. The van der Waals surface area contributed by atoms with Gasteiger partial charge in [-0.05, 0) is 6.92 Å². The van der Waals surface area contributed by atoms with E-state index in [2.05, 4.69) is 35.8 Å². The minimum absolute atomic E-state index is 0.319. The molecule has 5 nitrogen and oxygen atoms in total. The SMILES string of the molecule is CC(C)c1noc(CN2CCOC[C@@H]2C)n1. The Morgan fingerprint density at radius 1 is 1.50 bits per heavy atom. The molecule has 0 saturated carbocycles. The van der Waals surface area contributed by atoms with E-state index in [1.807, 2.05) is 0 Å². The first kappa shape index (κ1) is 11.5. The van der Waals surface area contributed by atoms with Crippen LogP contribution in [0.3, 0.4) is 0 Å². The highest BCUT2D eigenvalue weighted by Crippen LogP contribution is 2.13. The third-order valence-corrected chi connectivity index (χ3v) is 2.84. The summed E-state index contributed by atoms with van der Waals surface area (Å²) in [6, 6.07) is 0.420. The number of rotatable bonds is 3. The Balaban J connectivity index is 1.97. The predicted molar refractivity (Wildman–Crippen MR) is 59.1 cm³/mol. The van der Waals surface area contributed by atoms with Crippen LogP contribution in [-0.2, 0) is 11.3 Å². The molecule has 1 aliphatic heterocycles. The van der Waals surface area contributed by atoms with Gasteiger partial charge in [0.25, 0.3) is 0 Å². The smallest absolute Gasteiger partial charge is 0.240 e. The van der Waals surface area contributed by atoms with Gasteiger partial charge in [0.2, 0.25) is 5.89 Å². The summed E-state index contributed by atoms with van der Waals surface area (Å²) in [6.07, 6.45) is 0. The van der Waals surface area contributed by atoms with Gasteiger partial charge in [0.15, 0.2) is 5.82 Å². The molecule has 90 valence electrons. The molecule has 2 heterocycles. The second kappa shape index (κ2) is 4.93. The van der Waals surface area contributed by atoms with Crippen LogP contribution in [0.5, 0.6) is 0 Å². The maximum atomic E-state index is 5.38. The third kappa shape index (κ3) is 2.59. The molecule has 1 fully saturated rings. The maximum absolute atomic E-state index is 5.38. The average Bonchev–Trinajstić information content (AvgIpc) is 2.70. The molecule has 0 N–H and O–H groups in total. The molecule has 1 aromatic heterocycles. The van der Waals surface area contributed by atoms with E-state index in [0.29, 0.717) is 17.9 Å². The van der Waals surface area contributed by atoms with Gasteiger partial charge in [-0.15, -0.1) is 0 Å². The number of hydrogen-bond donors (Lipinski definition) is 0. The van der Waals surface area contributed by atoms with E-state index < -0.39 is 0 Å². The maximum Gasteiger partial charge on any atom is 0.240 e. The zero-order chi connectivity index (χ0) is 11.5. The highest BCUT2D eigenvalue weighted by Gasteiger charge is 2.21. The van der Waals surface area contributed by atoms with Gasteiger partial charge in [-0.2, -0.15) is 4.98 Å². The second-order valence-electron chi connectivity index (χ2n) is 4.60. The third-order valence-electron chi connectivity index (χ3n) is 2.84. The van der Waals surface area contributed by atoms with E-state index >= 15 is 0 Å². The van der Waals surface area contributed by atoms with Crippen LogP contribution < -0.4 is 0 Å². The van der Waals surface area contributed by atoms with E-state index in [1.165, 1.54) is 0 Å². The average molecular weight is 225 g/mol. The molecule has 0 radical (unpaired) electrons. The summed E-state index contributed by atoms with van der Waals surface area (Å²) in [7, 11) is 0. The summed E-state index contributed by atoms with van der Waals surface area (Å²) in [5.41, 5.74) is 0. The first-order valence-electron chi connectivity index (χ1n) is 5.81. The molecule has 0 spiro atoms. The minimum atomic E-state index is 0.319. The first-order chi connectivity index (χ1) is 7.66. The summed E-state index contributed by atoms with van der Waals surface area (Å²) in [6.45, 7) is 9.50. The van der Waals surface area contributed by atoms with Crippen LogP contribution in [0.2, 0.25) is 0 Å². The van der Waals surface area contributed by atoms with E-state index in [-0.39, 0.29) is 0 Å². The van der Waals surface area contributed by atoms with Crippen molar-refractivity contribution in [1.29, 1.82) is 0 Å². The number of ether oxygens (including phenoxy) is 1. The molecule has 1 atom stereocenters. The molecule has 1 aromatic rings. The Bertz CT molecular complexity index is 338. The van der Waals surface area contributed by atoms with E-state index in [0.717, 1.165) is 32.1 Å². The molecule has 0 bridgehead atoms. The molecule has 0 aromatic carbocycles. The lowest BCUT2D eigenvalue weighted by atomic mass is 10.2. The Labute approximate surface area is 95.8 Å². The number of hydrogen-bond acceptors (Lipinski definition) is 5. The lowest BCUT2D eigenvalue weighted by Gasteiger charge is -2.31. The summed E-state index contributed by atoms with van der Waals surface area (Å²) < 4.78 is 10.6. The molecule has 16 heavy (non-hydrogen) atoms. The fraction of sp³-hybridized carbons (Fsp3) is 0.818. The number of nitrogens with zero attached hydrogens (tertiary/aromatic N) is 3. The molecule has 1 saturated heterocycles. The van der Waals surface area contributed by atoms with Crippen molar-refractivity contribution in [3.63, 3.8) is 0 Å². The predicted octanol–water partition coefficient (Wildman–Crippen LogP) is 1.41. The Morgan fingerprint density at radius 2 is 2.31 bits per heavy atom. The van der Waals surface area contributed by atoms with Crippen molar-refractivity contribution >= 4 is 0 Å². The second-order valence-corrected chi connectivity index (χ2v) is 4.60. The standard InChI is InChI=1S/C11H19N3O2/c1-8(2)11-12-10(16-13-11)6-14-4-5-15-7-9(14)3/h8-9H,4-7H2,1-3H3/t9-/m0/s1. The van der Waals surface area contributed by atoms with Crippen molar-refractivity contribution in [1.82, 2.24) is 15.0 Å². The van der Waals surface area contributed by atoms with Gasteiger partial charge in [0.05, 0.1) is 19.8 Å². The Kier molecular flexibility index (Phi) is 3.56. The van der Waals surface area contributed by atoms with Crippen molar-refractivity contribution in [3.05, 3.63) is 11.7 Å². The van der Waals surface area contributed by atoms with Gasteiger partial charge in [-0.1, -0.05) is 19.0 Å². The minimum Gasteiger partial charge on any atom is -0.379 e. The van der Waals surface area contributed by atoms with E-state index in [1.54, 1.807) is 0 Å². The molecule has 0 aliphatic carbocycles. The Morgan fingerprint density at radius 3 is 2.94 bits per heavy atom. The first-order valence-corrected chi connectivity index (χ1v) is 5.81. The van der Waals surface area contributed by atoms with Crippen molar-refractivity contribution in [2.45, 2.75) is 39.3 Å². The van der Waals surface area contributed by atoms with Gasteiger partial charge >= 0.3 is 0 Å². The molecular formula is C11H19N3O2. The summed E-state index contributed by atoms with van der Waals surface area (Å²) in [5.74, 6) is 1.81. The summed E-state index contributed by atoms with van der Waals surface area (Å²) in [4.78, 5) is 6.68. The van der Waals surface area contributed by atoms with Gasteiger partial charge in [-0.3, -0.25) is 4.90 Å². The lowest BCUT2D eigenvalue weighted by molar-refractivity contribution is -0.00852. The molecular weight excluding hydrogens is 206 g/mol. The van der Waals surface area contributed by atoms with Crippen LogP contribution in [-0.4, -0.2) is 40.8 Å². The van der Waals surface area contributed by atoms with Crippen molar-refractivity contribution < 1.29 is 9.26 Å². The lowest BCUT2D eigenvalue weighted by Crippen LogP contribution is -2.42. The van der Waals surface area contributed by atoms with Crippen LogP contribution in [0.25, 0.3) is 0 Å². The molecule has 0 unspecified atom stereocenters. The van der Waals surface area contributed by atoms with E-state index in [9.17, 15) is 0 Å². The highest BCUT2D eigenvalue weighted by atomic mass is 16.5. The van der Waals surface area contributed by atoms with Gasteiger partial charge in [0.1, 0.15) is 0 Å². The zero-order valence-electron chi connectivity index (χ0n) is 10.1. The van der Waals surface area contributed by atoms with Crippen molar-refractivity contribution in [2.24, 2.45) is 0 Å². The largest absolute Gasteiger partial charge is 0.379 e. The van der Waals surface area contributed by atoms with Crippen molar-refractivity contribution in [3.8, 4) is 0 Å². The van der Waals surface area contributed by atoms with Crippen LogP contribution in [0, 0.1) is 0 Å². The van der Waals surface area contributed by atoms with E-state index in [4.69, 9.17) is 9.26 Å². The van der Waals surface area contributed by atoms with Crippen molar-refractivity contribution in [2.75, 3.05) is 19.8 Å². The fourth-order valence-corrected chi connectivity index (χ4v) is 1.74. The zero-order valence-corrected chi connectivity index (χ0v) is 10.1. The molecule has 0 amide bonds. The van der Waals surface area contributed by atoms with Gasteiger partial charge < -0.3 is 9.26 Å². The quantitative estimate of drug-likeness (QED) is 0.778. The normalized spacial score (nSPS) is 22.9. The molecule has 1 aliphatic rings. The van der Waals surface area contributed by atoms with Gasteiger partial charge in [0, 0.05) is 18.5 Å². The summed E-state index contributed by atoms with van der Waals surface area (Å²) >= 11 is 0. The molecule has 5 heteroatoms. The monoisotopic (exact) mass is 225 g/mol. The van der Waals surface area contributed by atoms with Gasteiger partial charge in [-0.25, -0.2) is 0 Å².